The van der Waals surface area contributed by atoms with Gasteiger partial charge in [-0.25, -0.2) is 4.39 Å². The van der Waals surface area contributed by atoms with Crippen LogP contribution in [0.5, 0.6) is 0 Å². The fraction of sp³-hybridized carbons (Fsp3) is 0. The Morgan fingerprint density at radius 1 is 1.27 bits per heavy atom. The zero-order chi connectivity index (χ0) is 8.10. The quantitative estimate of drug-likeness (QED) is 0.467. The lowest BCUT2D eigenvalue weighted by Crippen LogP contribution is -1.91. The predicted molar refractivity (Wildman–Crippen MR) is 41.0 cm³/mol. The lowest BCUT2D eigenvalue weighted by Gasteiger charge is -1.91. The average molecular weight is 150 g/mol. The molecule has 0 bridgehead atoms. The lowest BCUT2D eigenvalue weighted by molar-refractivity contribution is 0.104. The molecule has 1 rings (SSSR count). The fourth-order valence-corrected chi connectivity index (χ4v) is 0.756. The van der Waals surface area contributed by atoms with E-state index < -0.39 is 0 Å². The van der Waals surface area contributed by atoms with Gasteiger partial charge < -0.3 is 0 Å². The van der Waals surface area contributed by atoms with E-state index in [4.69, 9.17) is 0 Å². The summed E-state index contributed by atoms with van der Waals surface area (Å²) in [6, 6.07) is 8.55. The van der Waals surface area contributed by atoms with E-state index in [9.17, 15) is 9.18 Å². The van der Waals surface area contributed by atoms with Gasteiger partial charge in [0.05, 0.1) is 6.33 Å². The number of halogens is 1. The van der Waals surface area contributed by atoms with Crippen LogP contribution in [0.3, 0.4) is 0 Å². The topological polar surface area (TPSA) is 17.1 Å². The van der Waals surface area contributed by atoms with Crippen molar-refractivity contribution in [1.82, 2.24) is 0 Å². The van der Waals surface area contributed by atoms with E-state index in [2.05, 4.69) is 0 Å². The molecule has 0 unspecified atom stereocenters. The van der Waals surface area contributed by atoms with Gasteiger partial charge in [0.2, 0.25) is 0 Å². The number of allylic oxidation sites excluding steroid dienone is 1. The Labute approximate surface area is 64.2 Å². The van der Waals surface area contributed by atoms with E-state index in [1.807, 2.05) is 0 Å². The van der Waals surface area contributed by atoms with Gasteiger partial charge in [0, 0.05) is 11.6 Å². The largest absolute Gasteiger partial charge is 0.289 e. The van der Waals surface area contributed by atoms with Crippen molar-refractivity contribution in [1.29, 1.82) is 0 Å². The van der Waals surface area contributed by atoms with Gasteiger partial charge in [0.15, 0.2) is 5.78 Å². The van der Waals surface area contributed by atoms with E-state index in [1.54, 1.807) is 30.3 Å². The molecule has 0 spiro atoms. The normalized spacial score (nSPS) is 10.3. The second-order valence-corrected chi connectivity index (χ2v) is 2.02. The molecule has 0 saturated heterocycles. The van der Waals surface area contributed by atoms with Crippen LogP contribution in [0.1, 0.15) is 10.4 Å². The number of rotatable bonds is 2. The molecule has 0 aliphatic carbocycles. The first-order chi connectivity index (χ1) is 5.34. The van der Waals surface area contributed by atoms with Crippen LogP contribution >= 0.6 is 0 Å². The van der Waals surface area contributed by atoms with Crippen LogP contribution in [-0.2, 0) is 0 Å². The number of carbonyl (C=O) groups is 1. The van der Waals surface area contributed by atoms with E-state index in [-0.39, 0.29) is 12.1 Å². The first-order valence-electron chi connectivity index (χ1n) is 3.21. The highest BCUT2D eigenvalue weighted by Crippen LogP contribution is 2.00. The number of benzene rings is 1. The molecule has 2 heteroatoms. The molecule has 0 atom stereocenters. The molecule has 0 N–H and O–H groups in total. The maximum absolute atomic E-state index is 11.5. The number of hydrogen-bond donors (Lipinski definition) is 0. The average Bonchev–Trinajstić information content (AvgIpc) is 2.07. The third-order valence-electron chi connectivity index (χ3n) is 1.27. The van der Waals surface area contributed by atoms with Crippen LogP contribution in [0.25, 0.3) is 0 Å². The molecule has 0 radical (unpaired) electrons. The number of hydrogen-bond acceptors (Lipinski definition) is 1. The Morgan fingerprint density at radius 2 is 1.91 bits per heavy atom. The Morgan fingerprint density at radius 3 is 2.45 bits per heavy atom. The van der Waals surface area contributed by atoms with Crippen molar-refractivity contribution in [3.8, 4) is 0 Å². The van der Waals surface area contributed by atoms with Crippen LogP contribution in [-0.4, -0.2) is 5.78 Å². The Balaban J connectivity index is 2.86. The van der Waals surface area contributed by atoms with E-state index in [0.29, 0.717) is 5.56 Å². The second kappa shape index (κ2) is 3.66. The summed E-state index contributed by atoms with van der Waals surface area (Å²) in [6.07, 6.45) is 1.14. The third-order valence-corrected chi connectivity index (χ3v) is 1.27. The van der Waals surface area contributed by atoms with E-state index in [0.717, 1.165) is 6.08 Å². The monoisotopic (exact) mass is 150 g/mol. The number of carbonyl (C=O) groups excluding carboxylic acids is 1. The van der Waals surface area contributed by atoms with Crippen molar-refractivity contribution in [2.45, 2.75) is 0 Å². The van der Waals surface area contributed by atoms with Crippen molar-refractivity contribution < 1.29 is 9.18 Å². The molecule has 0 fully saturated rings. The molecule has 1 aromatic rings. The minimum Gasteiger partial charge on any atom is -0.289 e. The summed E-state index contributed by atoms with van der Waals surface area (Å²) in [4.78, 5) is 10.9. The van der Waals surface area contributed by atoms with Gasteiger partial charge >= 0.3 is 0 Å². The van der Waals surface area contributed by atoms with Crippen molar-refractivity contribution in [2.24, 2.45) is 0 Å². The van der Waals surface area contributed by atoms with Crippen molar-refractivity contribution in [3.05, 3.63) is 48.3 Å². The van der Waals surface area contributed by atoms with Crippen molar-refractivity contribution >= 4 is 5.78 Å². The van der Waals surface area contributed by atoms with Crippen molar-refractivity contribution in [3.63, 3.8) is 0 Å². The maximum Gasteiger partial charge on any atom is 0.188 e. The molecular formula is C9H7FO. The summed E-state index contributed by atoms with van der Waals surface area (Å²) in [6.45, 7) is 0. The minimum atomic E-state index is -0.312. The lowest BCUT2D eigenvalue weighted by atomic mass is 10.1. The van der Waals surface area contributed by atoms with Gasteiger partial charge in [0.25, 0.3) is 0 Å². The number of ketones is 1. The van der Waals surface area contributed by atoms with Gasteiger partial charge in [-0.1, -0.05) is 30.3 Å². The maximum atomic E-state index is 11.5. The minimum absolute atomic E-state index is 0.245. The van der Waals surface area contributed by atoms with Gasteiger partial charge in [-0.3, -0.25) is 4.79 Å². The summed E-state index contributed by atoms with van der Waals surface area (Å²) >= 11 is 0. The molecular weight excluding hydrogens is 143 g/mol. The van der Waals surface area contributed by atoms with Crippen LogP contribution in [0, 0.1) is 0 Å². The van der Waals surface area contributed by atoms with Gasteiger partial charge in [-0.2, -0.15) is 0 Å². The Bertz CT molecular complexity index is 264. The SMILES string of the molecule is O=C(C=CF)c1ccccc1. The van der Waals surface area contributed by atoms with Gasteiger partial charge in [-0.15, -0.1) is 0 Å². The summed E-state index contributed by atoms with van der Waals surface area (Å²) in [5.74, 6) is -0.312. The zero-order valence-electron chi connectivity index (χ0n) is 5.83. The van der Waals surface area contributed by atoms with Gasteiger partial charge in [-0.05, 0) is 0 Å². The molecule has 0 saturated carbocycles. The summed E-state index contributed by atoms with van der Waals surface area (Å²) in [5, 5.41) is 0. The highest BCUT2D eigenvalue weighted by atomic mass is 19.1. The van der Waals surface area contributed by atoms with Crippen LogP contribution in [0.15, 0.2) is 42.7 Å². The first-order valence-corrected chi connectivity index (χ1v) is 3.21. The smallest absolute Gasteiger partial charge is 0.188 e. The van der Waals surface area contributed by atoms with Crippen LogP contribution < -0.4 is 0 Å². The molecule has 0 aliphatic rings. The summed E-state index contributed by atoms with van der Waals surface area (Å²) < 4.78 is 11.5. The highest BCUT2D eigenvalue weighted by Gasteiger charge is 1.97. The molecule has 11 heavy (non-hydrogen) atoms. The fourth-order valence-electron chi connectivity index (χ4n) is 0.756. The first kappa shape index (κ1) is 7.66. The molecule has 0 aromatic heterocycles. The molecule has 1 nitrogen and oxygen atoms in total. The third kappa shape index (κ3) is 2.00. The molecule has 1 aromatic carbocycles. The van der Waals surface area contributed by atoms with E-state index >= 15 is 0 Å². The second-order valence-electron chi connectivity index (χ2n) is 2.02. The van der Waals surface area contributed by atoms with E-state index in [1.165, 1.54) is 0 Å². The van der Waals surface area contributed by atoms with Crippen LogP contribution in [0.4, 0.5) is 4.39 Å². The van der Waals surface area contributed by atoms with Gasteiger partial charge in [0.1, 0.15) is 0 Å². The molecule has 0 heterocycles. The molecule has 0 amide bonds. The molecule has 56 valence electrons. The summed E-state index contributed by atoms with van der Waals surface area (Å²) in [7, 11) is 0. The predicted octanol–water partition coefficient (Wildman–Crippen LogP) is 2.35. The Hall–Kier alpha value is -1.44. The van der Waals surface area contributed by atoms with Crippen molar-refractivity contribution in [2.75, 3.05) is 0 Å². The standard InChI is InChI=1S/C9H7FO/c10-7-6-9(11)8-4-2-1-3-5-8/h1-7H. The summed E-state index contributed by atoms with van der Waals surface area (Å²) in [5.41, 5.74) is 0.501. The molecule has 0 aliphatic heterocycles. The highest BCUT2D eigenvalue weighted by molar-refractivity contribution is 6.04. The zero-order valence-corrected chi connectivity index (χ0v) is 5.83. The van der Waals surface area contributed by atoms with Crippen LogP contribution in [0.2, 0.25) is 0 Å². The Kier molecular flexibility index (Phi) is 2.55.